The normalized spacial score (nSPS) is 20.8. The van der Waals surface area contributed by atoms with Crippen LogP contribution < -0.4 is 5.32 Å². The number of nitrogens with zero attached hydrogens (tertiary/aromatic N) is 3. The summed E-state index contributed by atoms with van der Waals surface area (Å²) in [4.78, 5) is 12.5. The van der Waals surface area contributed by atoms with E-state index in [-0.39, 0.29) is 11.9 Å². The second-order valence-corrected chi connectivity index (χ2v) is 8.56. The maximum absolute atomic E-state index is 12.5. The summed E-state index contributed by atoms with van der Waals surface area (Å²) in [5.74, 6) is 0.696. The van der Waals surface area contributed by atoms with Gasteiger partial charge in [0, 0.05) is 31.0 Å². The molecule has 1 saturated carbocycles. The molecule has 0 radical (unpaired) electrons. The van der Waals surface area contributed by atoms with Gasteiger partial charge in [-0.2, -0.15) is 0 Å². The van der Waals surface area contributed by atoms with Crippen LogP contribution in [-0.2, 0) is 20.8 Å². The first-order valence-corrected chi connectivity index (χ1v) is 11.3. The molecule has 1 aliphatic heterocycles. The smallest absolute Gasteiger partial charge is 0.230 e. The highest BCUT2D eigenvalue weighted by molar-refractivity contribution is 7.99. The zero-order valence-electron chi connectivity index (χ0n) is 17.0. The summed E-state index contributed by atoms with van der Waals surface area (Å²) < 4.78 is 13.7. The van der Waals surface area contributed by atoms with E-state index < -0.39 is 5.79 Å². The Morgan fingerprint density at radius 3 is 2.86 bits per heavy atom. The highest BCUT2D eigenvalue weighted by Crippen LogP contribution is 2.35. The third-order valence-corrected chi connectivity index (χ3v) is 6.56. The van der Waals surface area contributed by atoms with Gasteiger partial charge in [-0.15, -0.1) is 10.2 Å². The SMILES string of the molecule is CCn1c(SCC(=O)N[C@@H]2CCCC3(C2)OCCO3)nnc1-c1ccccc1C. The van der Waals surface area contributed by atoms with E-state index in [4.69, 9.17) is 9.47 Å². The van der Waals surface area contributed by atoms with Crippen LogP contribution in [0.1, 0.15) is 38.2 Å². The van der Waals surface area contributed by atoms with E-state index in [2.05, 4.69) is 46.1 Å². The molecule has 0 unspecified atom stereocenters. The molecule has 1 atom stereocenters. The van der Waals surface area contributed by atoms with E-state index >= 15 is 0 Å². The van der Waals surface area contributed by atoms with Crippen molar-refractivity contribution in [2.24, 2.45) is 0 Å². The van der Waals surface area contributed by atoms with Gasteiger partial charge in [0.25, 0.3) is 0 Å². The number of aromatic nitrogens is 3. The van der Waals surface area contributed by atoms with E-state index in [1.54, 1.807) is 0 Å². The molecule has 4 rings (SSSR count). The van der Waals surface area contributed by atoms with Gasteiger partial charge >= 0.3 is 0 Å². The fraction of sp³-hybridized carbons (Fsp3) is 0.571. The van der Waals surface area contributed by atoms with Crippen molar-refractivity contribution >= 4 is 17.7 Å². The van der Waals surface area contributed by atoms with Gasteiger partial charge in [-0.3, -0.25) is 4.79 Å². The van der Waals surface area contributed by atoms with Crippen LogP contribution in [0.2, 0.25) is 0 Å². The molecule has 2 aromatic rings. The Hall–Kier alpha value is -1.90. The van der Waals surface area contributed by atoms with Crippen molar-refractivity contribution < 1.29 is 14.3 Å². The molecule has 156 valence electrons. The van der Waals surface area contributed by atoms with Crippen LogP contribution in [0.15, 0.2) is 29.4 Å². The number of thioether (sulfide) groups is 1. The number of hydrogen-bond acceptors (Lipinski definition) is 6. The Morgan fingerprint density at radius 2 is 2.10 bits per heavy atom. The van der Waals surface area contributed by atoms with Crippen molar-refractivity contribution in [1.82, 2.24) is 20.1 Å². The lowest BCUT2D eigenvalue weighted by Gasteiger charge is -2.36. The first kappa shape index (κ1) is 20.4. The average Bonchev–Trinajstić information content (AvgIpc) is 3.33. The van der Waals surface area contributed by atoms with Gasteiger partial charge in [-0.25, -0.2) is 0 Å². The largest absolute Gasteiger partial charge is 0.352 e. The molecule has 1 aliphatic carbocycles. The fourth-order valence-electron chi connectivity index (χ4n) is 4.18. The molecule has 1 N–H and O–H groups in total. The van der Waals surface area contributed by atoms with Gasteiger partial charge in [0.1, 0.15) is 0 Å². The molecule has 7 nitrogen and oxygen atoms in total. The number of carbonyl (C=O) groups excluding carboxylic acids is 1. The summed E-state index contributed by atoms with van der Waals surface area (Å²) in [6.45, 7) is 6.18. The minimum Gasteiger partial charge on any atom is -0.352 e. The monoisotopic (exact) mass is 416 g/mol. The van der Waals surface area contributed by atoms with E-state index in [0.717, 1.165) is 54.3 Å². The average molecular weight is 417 g/mol. The van der Waals surface area contributed by atoms with E-state index in [9.17, 15) is 4.79 Å². The zero-order valence-corrected chi connectivity index (χ0v) is 17.8. The lowest BCUT2D eigenvalue weighted by molar-refractivity contribution is -0.182. The third-order valence-electron chi connectivity index (χ3n) is 5.60. The number of hydrogen-bond donors (Lipinski definition) is 1. The maximum atomic E-state index is 12.5. The molecule has 2 aliphatic rings. The first-order chi connectivity index (χ1) is 14.1. The van der Waals surface area contributed by atoms with Crippen LogP contribution in [0.25, 0.3) is 11.4 Å². The molecule has 1 aromatic heterocycles. The molecule has 1 saturated heterocycles. The molecular weight excluding hydrogens is 388 g/mol. The number of carbonyl (C=O) groups is 1. The van der Waals surface area contributed by atoms with Gasteiger partial charge in [0.15, 0.2) is 16.8 Å². The summed E-state index contributed by atoms with van der Waals surface area (Å²) >= 11 is 1.43. The molecule has 1 amide bonds. The topological polar surface area (TPSA) is 78.3 Å². The van der Waals surface area contributed by atoms with Gasteiger partial charge in [-0.05, 0) is 32.3 Å². The molecule has 8 heteroatoms. The van der Waals surface area contributed by atoms with Crippen LogP contribution in [0.4, 0.5) is 0 Å². The van der Waals surface area contributed by atoms with E-state index in [0.29, 0.717) is 19.0 Å². The Bertz CT molecular complexity index is 863. The summed E-state index contributed by atoms with van der Waals surface area (Å²) in [6.07, 6.45) is 3.61. The van der Waals surface area contributed by atoms with Crippen LogP contribution in [-0.4, -0.2) is 51.5 Å². The Labute approximate surface area is 175 Å². The molecule has 0 bridgehead atoms. The number of ether oxygens (including phenoxy) is 2. The standard InChI is InChI=1S/C21H28N4O3S/c1-3-25-19(17-9-5-4-7-15(17)2)23-24-20(25)29-14-18(26)22-16-8-6-10-21(13-16)27-11-12-28-21/h4-5,7,9,16H,3,6,8,10-14H2,1-2H3,(H,22,26)/t16-/m1/s1. The second kappa shape index (κ2) is 8.85. The van der Waals surface area contributed by atoms with Crippen molar-refractivity contribution in [2.45, 2.75) is 63.1 Å². The number of rotatable bonds is 6. The van der Waals surface area contributed by atoms with Crippen LogP contribution in [0.3, 0.4) is 0 Å². The number of amides is 1. The predicted molar refractivity (Wildman–Crippen MR) is 112 cm³/mol. The molecule has 1 spiro atoms. The van der Waals surface area contributed by atoms with Crippen LogP contribution >= 0.6 is 11.8 Å². The Morgan fingerprint density at radius 1 is 1.31 bits per heavy atom. The van der Waals surface area contributed by atoms with E-state index in [1.165, 1.54) is 11.8 Å². The predicted octanol–water partition coefficient (Wildman–Crippen LogP) is 3.17. The Balaban J connectivity index is 1.36. The maximum Gasteiger partial charge on any atom is 0.230 e. The van der Waals surface area contributed by atoms with Gasteiger partial charge in [-0.1, -0.05) is 36.0 Å². The van der Waals surface area contributed by atoms with E-state index in [1.807, 2.05) is 12.1 Å². The summed E-state index contributed by atoms with van der Waals surface area (Å²) in [5.41, 5.74) is 2.23. The third kappa shape index (κ3) is 4.49. The molecule has 2 fully saturated rings. The number of benzene rings is 1. The highest BCUT2D eigenvalue weighted by Gasteiger charge is 2.41. The molecule has 2 heterocycles. The van der Waals surface area contributed by atoms with Crippen molar-refractivity contribution in [3.05, 3.63) is 29.8 Å². The minimum atomic E-state index is -0.478. The first-order valence-electron chi connectivity index (χ1n) is 10.3. The number of aryl methyl sites for hydroxylation is 1. The lowest BCUT2D eigenvalue weighted by Crippen LogP contribution is -2.46. The van der Waals surface area contributed by atoms with Gasteiger partial charge < -0.3 is 19.4 Å². The van der Waals surface area contributed by atoms with Crippen molar-refractivity contribution in [1.29, 1.82) is 0 Å². The Kier molecular flexibility index (Phi) is 6.22. The van der Waals surface area contributed by atoms with Crippen molar-refractivity contribution in [3.8, 4) is 11.4 Å². The lowest BCUT2D eigenvalue weighted by atomic mass is 9.90. The van der Waals surface area contributed by atoms with Crippen molar-refractivity contribution in [2.75, 3.05) is 19.0 Å². The van der Waals surface area contributed by atoms with Crippen molar-refractivity contribution in [3.63, 3.8) is 0 Å². The van der Waals surface area contributed by atoms with Gasteiger partial charge in [0.05, 0.1) is 19.0 Å². The quantitative estimate of drug-likeness (QED) is 0.729. The molecular formula is C21H28N4O3S. The molecule has 1 aromatic carbocycles. The minimum absolute atomic E-state index is 0.0122. The zero-order chi connectivity index (χ0) is 20.3. The fourth-order valence-corrected chi connectivity index (χ4v) is 5.00. The summed E-state index contributed by atoms with van der Waals surface area (Å²) in [6, 6.07) is 8.24. The summed E-state index contributed by atoms with van der Waals surface area (Å²) in [7, 11) is 0. The van der Waals surface area contributed by atoms with Crippen LogP contribution in [0.5, 0.6) is 0 Å². The second-order valence-electron chi connectivity index (χ2n) is 7.62. The summed E-state index contributed by atoms with van der Waals surface area (Å²) in [5, 5.41) is 12.6. The highest BCUT2D eigenvalue weighted by atomic mass is 32.2. The van der Waals surface area contributed by atoms with Gasteiger partial charge in [0.2, 0.25) is 5.91 Å². The van der Waals surface area contributed by atoms with Crippen LogP contribution in [0, 0.1) is 6.92 Å². The number of nitrogens with one attached hydrogen (secondary N) is 1. The molecule has 29 heavy (non-hydrogen) atoms.